The van der Waals surface area contributed by atoms with E-state index in [-0.39, 0.29) is 0 Å². The highest BCUT2D eigenvalue weighted by atomic mass is 16.3. The molecule has 0 unspecified atom stereocenters. The second kappa shape index (κ2) is 12.7. The number of rotatable bonds is 11. The average molecular weight is 567 g/mol. The van der Waals surface area contributed by atoms with E-state index in [9.17, 15) is 5.11 Å². The fourth-order valence-electron chi connectivity index (χ4n) is 6.31. The number of benzene rings is 5. The van der Waals surface area contributed by atoms with Crippen molar-refractivity contribution < 1.29 is 9.52 Å². The van der Waals surface area contributed by atoms with E-state index in [4.69, 9.17) is 9.40 Å². The van der Waals surface area contributed by atoms with E-state index < -0.39 is 5.41 Å². The molecular formula is C39H38N2O2. The Hall–Kier alpha value is -4.67. The topological polar surface area (TPSA) is 49.5 Å². The average Bonchev–Trinajstić information content (AvgIpc) is 3.46. The van der Waals surface area contributed by atoms with Gasteiger partial charge in [0.25, 0.3) is 0 Å². The number of aromatic nitrogens is 1. The number of aryl methyl sites for hydroxylation is 1. The Balaban J connectivity index is 1.50. The van der Waals surface area contributed by atoms with Gasteiger partial charge in [-0.3, -0.25) is 4.90 Å². The molecular weight excluding hydrogens is 528 g/mol. The summed E-state index contributed by atoms with van der Waals surface area (Å²) < 4.78 is 6.11. The molecule has 0 bridgehead atoms. The number of fused-ring (bicyclic) bond motifs is 1. The van der Waals surface area contributed by atoms with Gasteiger partial charge in [0.05, 0.1) is 12.0 Å². The second-order valence-electron chi connectivity index (χ2n) is 11.3. The highest BCUT2D eigenvalue weighted by Gasteiger charge is 2.41. The van der Waals surface area contributed by atoms with Crippen LogP contribution < -0.4 is 0 Å². The first-order chi connectivity index (χ1) is 21.1. The lowest BCUT2D eigenvalue weighted by Gasteiger charge is -2.38. The monoisotopic (exact) mass is 566 g/mol. The van der Waals surface area contributed by atoms with Gasteiger partial charge in [-0.1, -0.05) is 134 Å². The molecule has 216 valence electrons. The van der Waals surface area contributed by atoms with E-state index in [1.54, 1.807) is 0 Å². The molecule has 5 aromatic carbocycles. The Labute approximate surface area is 254 Å². The summed E-state index contributed by atoms with van der Waals surface area (Å²) in [4.78, 5) is 7.08. The maximum atomic E-state index is 12.3. The van der Waals surface area contributed by atoms with E-state index in [0.29, 0.717) is 24.7 Å². The minimum absolute atomic E-state index is 0.321. The number of phenols is 1. The number of nitrogens with zero attached hydrogens (tertiary/aromatic N) is 2. The third-order valence-electron chi connectivity index (χ3n) is 8.28. The van der Waals surface area contributed by atoms with Gasteiger partial charge in [0.15, 0.2) is 5.58 Å². The van der Waals surface area contributed by atoms with Crippen molar-refractivity contribution in [1.29, 1.82) is 0 Å². The van der Waals surface area contributed by atoms with Gasteiger partial charge in [-0.25, -0.2) is 4.98 Å². The maximum absolute atomic E-state index is 12.3. The van der Waals surface area contributed by atoms with E-state index in [1.807, 2.05) is 42.5 Å². The molecule has 0 aliphatic carbocycles. The van der Waals surface area contributed by atoms with Gasteiger partial charge in [-0.15, -0.1) is 0 Å². The fourth-order valence-corrected chi connectivity index (χ4v) is 6.31. The fraction of sp³-hybridized carbons (Fsp3) is 0.205. The van der Waals surface area contributed by atoms with Gasteiger partial charge < -0.3 is 9.52 Å². The Morgan fingerprint density at radius 2 is 1.28 bits per heavy atom. The van der Waals surface area contributed by atoms with Crippen LogP contribution in [0.3, 0.4) is 0 Å². The molecule has 1 aromatic heterocycles. The van der Waals surface area contributed by atoms with Gasteiger partial charge in [-0.2, -0.15) is 0 Å². The predicted molar refractivity (Wildman–Crippen MR) is 174 cm³/mol. The van der Waals surface area contributed by atoms with Crippen molar-refractivity contribution in [2.45, 2.75) is 45.2 Å². The minimum atomic E-state index is -0.719. The number of aromatic hydroxyl groups is 1. The molecule has 0 aliphatic heterocycles. The van der Waals surface area contributed by atoms with Gasteiger partial charge in [0.1, 0.15) is 11.3 Å². The molecule has 4 nitrogen and oxygen atoms in total. The van der Waals surface area contributed by atoms with E-state index in [1.165, 1.54) is 0 Å². The van der Waals surface area contributed by atoms with Crippen LogP contribution in [0.1, 0.15) is 59.0 Å². The minimum Gasteiger partial charge on any atom is -0.507 e. The molecule has 1 heterocycles. The molecule has 6 rings (SSSR count). The third kappa shape index (κ3) is 5.71. The summed E-state index contributed by atoms with van der Waals surface area (Å²) in [6.45, 7) is 6.34. The first-order valence-corrected chi connectivity index (χ1v) is 15.2. The smallest absolute Gasteiger partial charge is 0.209 e. The second-order valence-corrected chi connectivity index (χ2v) is 11.3. The maximum Gasteiger partial charge on any atom is 0.209 e. The normalized spacial score (nSPS) is 11.8. The van der Waals surface area contributed by atoms with Crippen LogP contribution in [0.25, 0.3) is 11.1 Å². The number of oxazole rings is 1. The molecule has 0 saturated carbocycles. The zero-order chi connectivity index (χ0) is 29.6. The van der Waals surface area contributed by atoms with Crippen molar-refractivity contribution in [2.24, 2.45) is 0 Å². The van der Waals surface area contributed by atoms with Crippen LogP contribution >= 0.6 is 0 Å². The highest BCUT2D eigenvalue weighted by Crippen LogP contribution is 2.49. The van der Waals surface area contributed by atoms with Gasteiger partial charge in [-0.05, 0) is 48.7 Å². The van der Waals surface area contributed by atoms with Crippen LogP contribution in [0.2, 0.25) is 0 Å². The predicted octanol–water partition coefficient (Wildman–Crippen LogP) is 9.03. The van der Waals surface area contributed by atoms with E-state index in [0.717, 1.165) is 63.9 Å². The summed E-state index contributed by atoms with van der Waals surface area (Å²) in [5.74, 6) is 1.01. The molecule has 0 fully saturated rings. The molecule has 0 amide bonds. The molecule has 4 heteroatoms. The van der Waals surface area contributed by atoms with Crippen molar-refractivity contribution in [3.05, 3.63) is 167 Å². The SMILES string of the molecule is CCCCN(Cc1nc2ccccc2o1)Cc1cc(C)cc(C(c2ccccc2)(c2ccccc2)c2ccccc2)c1O. The number of phenolic OH excluding ortho intramolecular Hbond substituents is 1. The first kappa shape index (κ1) is 28.4. The lowest BCUT2D eigenvalue weighted by atomic mass is 9.64. The van der Waals surface area contributed by atoms with Gasteiger partial charge in [0.2, 0.25) is 5.89 Å². The van der Waals surface area contributed by atoms with Crippen LogP contribution in [0.4, 0.5) is 0 Å². The van der Waals surface area contributed by atoms with Crippen LogP contribution in [-0.4, -0.2) is 21.5 Å². The number of hydrogen-bond donors (Lipinski definition) is 1. The summed E-state index contributed by atoms with van der Waals surface area (Å²) in [7, 11) is 0. The Bertz CT molecular complexity index is 1650. The molecule has 43 heavy (non-hydrogen) atoms. The van der Waals surface area contributed by atoms with Crippen LogP contribution in [-0.2, 0) is 18.5 Å². The van der Waals surface area contributed by atoms with Crippen LogP contribution in [0, 0.1) is 6.92 Å². The number of para-hydroxylation sites is 2. The molecule has 0 atom stereocenters. The van der Waals surface area contributed by atoms with Crippen molar-refractivity contribution >= 4 is 11.1 Å². The Morgan fingerprint density at radius 3 is 1.84 bits per heavy atom. The summed E-state index contributed by atoms with van der Waals surface area (Å²) in [6, 6.07) is 43.8. The van der Waals surface area contributed by atoms with E-state index >= 15 is 0 Å². The Kier molecular flexibility index (Phi) is 8.39. The van der Waals surface area contributed by atoms with Crippen molar-refractivity contribution in [1.82, 2.24) is 9.88 Å². The summed E-state index contributed by atoms with van der Waals surface area (Å²) >= 11 is 0. The zero-order valence-electron chi connectivity index (χ0n) is 24.9. The molecule has 0 aliphatic rings. The molecule has 0 spiro atoms. The van der Waals surface area contributed by atoms with Gasteiger partial charge >= 0.3 is 0 Å². The van der Waals surface area contributed by atoms with Crippen molar-refractivity contribution in [3.63, 3.8) is 0 Å². The highest BCUT2D eigenvalue weighted by molar-refractivity contribution is 5.72. The number of hydrogen-bond acceptors (Lipinski definition) is 4. The lowest BCUT2D eigenvalue weighted by molar-refractivity contribution is 0.226. The zero-order valence-corrected chi connectivity index (χ0v) is 24.9. The lowest BCUT2D eigenvalue weighted by Crippen LogP contribution is -2.32. The molecule has 0 radical (unpaired) electrons. The quantitative estimate of drug-likeness (QED) is 0.159. The van der Waals surface area contributed by atoms with Crippen molar-refractivity contribution in [3.8, 4) is 5.75 Å². The number of unbranched alkanes of at least 4 members (excludes halogenated alkanes) is 1. The largest absolute Gasteiger partial charge is 0.507 e. The summed E-state index contributed by atoms with van der Waals surface area (Å²) in [5, 5.41) is 12.3. The van der Waals surface area contributed by atoms with Gasteiger partial charge in [0, 0.05) is 17.7 Å². The molecule has 6 aromatic rings. The summed E-state index contributed by atoms with van der Waals surface area (Å²) in [5.41, 5.74) is 7.14. The summed E-state index contributed by atoms with van der Waals surface area (Å²) in [6.07, 6.45) is 2.12. The molecule has 0 saturated heterocycles. The van der Waals surface area contributed by atoms with Crippen LogP contribution in [0.5, 0.6) is 5.75 Å². The molecule has 1 N–H and O–H groups in total. The Morgan fingerprint density at radius 1 is 0.721 bits per heavy atom. The first-order valence-electron chi connectivity index (χ1n) is 15.2. The van der Waals surface area contributed by atoms with E-state index in [2.05, 4.69) is 104 Å². The third-order valence-corrected chi connectivity index (χ3v) is 8.28. The standard InChI is InChI=1S/C39H38N2O2/c1-3-4-24-41(28-37-40-35-22-14-15-23-36(35)43-37)27-30-25-29(2)26-34(38(30)42)39(31-16-8-5-9-17-31,32-18-10-6-11-19-32)33-20-12-7-13-21-33/h5-23,25-26,42H,3-4,24,27-28H2,1-2H3. The van der Waals surface area contributed by atoms with Crippen LogP contribution in [0.15, 0.2) is 132 Å². The van der Waals surface area contributed by atoms with Crippen molar-refractivity contribution in [2.75, 3.05) is 6.54 Å².